The number of aromatic nitrogens is 2. The van der Waals surface area contributed by atoms with Gasteiger partial charge < -0.3 is 4.57 Å². The molecule has 45 valence electrons. The van der Waals surface area contributed by atoms with E-state index >= 15 is 0 Å². The summed E-state index contributed by atoms with van der Waals surface area (Å²) in [7, 11) is 1.76. The van der Waals surface area contributed by atoms with E-state index in [-0.39, 0.29) is 0 Å². The van der Waals surface area contributed by atoms with Crippen LogP contribution < -0.4 is 0 Å². The molecule has 1 rings (SSSR count). The zero-order valence-electron chi connectivity index (χ0n) is 5.13. The van der Waals surface area contributed by atoms with Crippen molar-refractivity contribution in [3.05, 3.63) is 24.6 Å². The Bertz CT molecular complexity index is 254. The second kappa shape index (κ2) is 1.90. The highest BCUT2D eigenvalue weighted by molar-refractivity contribution is 5.17. The standard InChI is InChI=1S/C6H6N3/c1-5-4-8-6(3-7)9(5)2/h4H,1H2,2H3. The quantitative estimate of drug-likeness (QED) is 0.499. The maximum absolute atomic E-state index is 8.37. The second-order valence-corrected chi connectivity index (χ2v) is 1.74. The number of hydrogen-bond donors (Lipinski definition) is 0. The summed E-state index contributed by atoms with van der Waals surface area (Å²) in [5, 5.41) is 8.37. The first kappa shape index (κ1) is 5.83. The first-order chi connectivity index (χ1) is 4.25. The number of nitrogens with zero attached hydrogens (tertiary/aromatic N) is 3. The molecule has 3 heteroatoms. The highest BCUT2D eigenvalue weighted by Gasteiger charge is 1.98. The van der Waals surface area contributed by atoms with Gasteiger partial charge in [-0.25, -0.2) is 4.98 Å². The summed E-state index contributed by atoms with van der Waals surface area (Å²) in [5.41, 5.74) is 0.756. The van der Waals surface area contributed by atoms with E-state index in [1.807, 2.05) is 6.07 Å². The van der Waals surface area contributed by atoms with Crippen molar-refractivity contribution in [3.8, 4) is 6.07 Å². The van der Waals surface area contributed by atoms with Crippen LogP contribution in [0.5, 0.6) is 0 Å². The summed E-state index contributed by atoms with van der Waals surface area (Å²) in [6.45, 7) is 3.64. The second-order valence-electron chi connectivity index (χ2n) is 1.74. The van der Waals surface area contributed by atoms with Crippen LogP contribution in [0.1, 0.15) is 11.5 Å². The number of rotatable bonds is 0. The molecule has 0 amide bonds. The van der Waals surface area contributed by atoms with Crippen LogP contribution in [-0.4, -0.2) is 9.55 Å². The fourth-order valence-corrected chi connectivity index (χ4v) is 0.549. The monoisotopic (exact) mass is 120 g/mol. The van der Waals surface area contributed by atoms with Gasteiger partial charge in [0.25, 0.3) is 0 Å². The molecule has 0 saturated carbocycles. The van der Waals surface area contributed by atoms with E-state index in [1.54, 1.807) is 17.8 Å². The van der Waals surface area contributed by atoms with E-state index in [0.717, 1.165) is 5.69 Å². The van der Waals surface area contributed by atoms with Crippen LogP contribution in [0.2, 0.25) is 0 Å². The lowest BCUT2D eigenvalue weighted by molar-refractivity contribution is 0.871. The van der Waals surface area contributed by atoms with Crippen LogP contribution in [0, 0.1) is 18.3 Å². The van der Waals surface area contributed by atoms with Crippen LogP contribution in [-0.2, 0) is 7.05 Å². The van der Waals surface area contributed by atoms with Crippen LogP contribution >= 0.6 is 0 Å². The Morgan fingerprint density at radius 1 is 1.89 bits per heavy atom. The summed E-state index contributed by atoms with van der Waals surface area (Å²) in [5.74, 6) is 0.403. The lowest BCUT2D eigenvalue weighted by atomic mass is 10.5. The van der Waals surface area contributed by atoms with Crippen LogP contribution in [0.15, 0.2) is 6.20 Å². The van der Waals surface area contributed by atoms with Gasteiger partial charge in [0.2, 0.25) is 5.82 Å². The van der Waals surface area contributed by atoms with Crippen molar-refractivity contribution in [1.82, 2.24) is 9.55 Å². The number of imidazole rings is 1. The molecule has 0 aliphatic heterocycles. The highest BCUT2D eigenvalue weighted by Crippen LogP contribution is 1.97. The first-order valence-corrected chi connectivity index (χ1v) is 2.49. The van der Waals surface area contributed by atoms with Crippen LogP contribution in [0.25, 0.3) is 0 Å². The molecule has 1 heterocycles. The fraction of sp³-hybridized carbons (Fsp3) is 0.167. The van der Waals surface area contributed by atoms with Gasteiger partial charge in [0, 0.05) is 18.9 Å². The lowest BCUT2D eigenvalue weighted by Gasteiger charge is -1.91. The molecule has 0 aromatic carbocycles. The highest BCUT2D eigenvalue weighted by atomic mass is 15.0. The van der Waals surface area contributed by atoms with E-state index in [1.165, 1.54) is 0 Å². The average Bonchev–Trinajstić information content (AvgIpc) is 2.15. The number of nitriles is 1. The molecule has 0 aliphatic carbocycles. The average molecular weight is 120 g/mol. The molecule has 0 bridgehead atoms. The molecule has 0 aliphatic rings. The molecule has 0 fully saturated rings. The smallest absolute Gasteiger partial charge is 0.212 e. The molecule has 1 aromatic rings. The minimum Gasteiger partial charge on any atom is -0.323 e. The van der Waals surface area contributed by atoms with Gasteiger partial charge in [-0.3, -0.25) is 0 Å². The van der Waals surface area contributed by atoms with Crippen LogP contribution in [0.4, 0.5) is 0 Å². The van der Waals surface area contributed by atoms with Crippen LogP contribution in [0.3, 0.4) is 0 Å². The molecule has 0 N–H and O–H groups in total. The van der Waals surface area contributed by atoms with E-state index in [0.29, 0.717) is 5.82 Å². The van der Waals surface area contributed by atoms with Crippen molar-refractivity contribution in [2.24, 2.45) is 7.05 Å². The van der Waals surface area contributed by atoms with Crippen molar-refractivity contribution in [1.29, 1.82) is 5.26 Å². The molecule has 1 radical (unpaired) electrons. The summed E-state index contributed by atoms with van der Waals surface area (Å²) in [6.07, 6.45) is 1.57. The third-order valence-electron chi connectivity index (χ3n) is 1.18. The Balaban J connectivity index is 3.24. The largest absolute Gasteiger partial charge is 0.323 e. The molecule has 9 heavy (non-hydrogen) atoms. The molecular weight excluding hydrogens is 114 g/mol. The van der Waals surface area contributed by atoms with Gasteiger partial charge in [0.1, 0.15) is 6.07 Å². The van der Waals surface area contributed by atoms with Crippen molar-refractivity contribution >= 4 is 0 Å². The SMILES string of the molecule is [CH2]c1cnc(C#N)n1C. The summed E-state index contributed by atoms with van der Waals surface area (Å²) in [6, 6.07) is 1.93. The van der Waals surface area contributed by atoms with Gasteiger partial charge in [-0.05, 0) is 6.92 Å². The maximum Gasteiger partial charge on any atom is 0.212 e. The van der Waals surface area contributed by atoms with Crippen molar-refractivity contribution < 1.29 is 0 Å². The molecule has 3 nitrogen and oxygen atoms in total. The maximum atomic E-state index is 8.37. The van der Waals surface area contributed by atoms with Gasteiger partial charge in [-0.15, -0.1) is 0 Å². The zero-order chi connectivity index (χ0) is 6.85. The topological polar surface area (TPSA) is 41.6 Å². The molecule has 1 aromatic heterocycles. The van der Waals surface area contributed by atoms with Gasteiger partial charge in [0.15, 0.2) is 0 Å². The van der Waals surface area contributed by atoms with Crippen molar-refractivity contribution in [2.75, 3.05) is 0 Å². The summed E-state index contributed by atoms with van der Waals surface area (Å²) < 4.78 is 1.64. The lowest BCUT2D eigenvalue weighted by Crippen LogP contribution is -1.93. The Labute approximate surface area is 53.6 Å². The summed E-state index contributed by atoms with van der Waals surface area (Å²) in [4.78, 5) is 3.77. The zero-order valence-corrected chi connectivity index (χ0v) is 5.13. The summed E-state index contributed by atoms with van der Waals surface area (Å²) >= 11 is 0. The van der Waals surface area contributed by atoms with Gasteiger partial charge in [0.05, 0.1) is 0 Å². The third kappa shape index (κ3) is 0.789. The first-order valence-electron chi connectivity index (χ1n) is 2.49. The molecule has 0 spiro atoms. The molecular formula is C6H6N3. The predicted molar refractivity (Wildman–Crippen MR) is 32.4 cm³/mol. The Morgan fingerprint density at radius 2 is 2.56 bits per heavy atom. The Hall–Kier alpha value is -1.30. The number of hydrogen-bond acceptors (Lipinski definition) is 2. The van der Waals surface area contributed by atoms with Crippen molar-refractivity contribution in [3.63, 3.8) is 0 Å². The molecule has 0 saturated heterocycles. The molecule has 0 atom stereocenters. The van der Waals surface area contributed by atoms with E-state index in [9.17, 15) is 0 Å². The minimum absolute atomic E-state index is 0.403. The van der Waals surface area contributed by atoms with E-state index in [4.69, 9.17) is 5.26 Å². The Kier molecular flexibility index (Phi) is 1.23. The third-order valence-corrected chi connectivity index (χ3v) is 1.18. The van der Waals surface area contributed by atoms with Gasteiger partial charge >= 0.3 is 0 Å². The van der Waals surface area contributed by atoms with Gasteiger partial charge in [-0.2, -0.15) is 5.26 Å². The van der Waals surface area contributed by atoms with Crippen molar-refractivity contribution in [2.45, 2.75) is 0 Å². The Morgan fingerprint density at radius 3 is 2.78 bits per heavy atom. The normalized spacial score (nSPS) is 9.00. The minimum atomic E-state index is 0.403. The van der Waals surface area contributed by atoms with Gasteiger partial charge in [-0.1, -0.05) is 0 Å². The van der Waals surface area contributed by atoms with E-state index in [2.05, 4.69) is 11.9 Å². The molecule has 0 unspecified atom stereocenters. The van der Waals surface area contributed by atoms with E-state index < -0.39 is 0 Å². The predicted octanol–water partition coefficient (Wildman–Crippen LogP) is 0.474. The fourth-order valence-electron chi connectivity index (χ4n) is 0.549.